The number of hydrogen-bond donors (Lipinski definition) is 3. The molecule has 3 aromatic heterocycles. The molecule has 1 spiro atoms. The fourth-order valence-corrected chi connectivity index (χ4v) is 7.72. The quantitative estimate of drug-likeness (QED) is 0.186. The predicted molar refractivity (Wildman–Crippen MR) is 204 cm³/mol. The second-order valence-electron chi connectivity index (χ2n) is 13.5. The van der Waals surface area contributed by atoms with Crippen LogP contribution in [0, 0.1) is 6.92 Å². The number of nitrogens with one attached hydrogen (secondary N) is 3. The Kier molecular flexibility index (Phi) is 10.1. The average Bonchev–Trinajstić information content (AvgIpc) is 3.90. The van der Waals surface area contributed by atoms with Gasteiger partial charge in [-0.2, -0.15) is 5.10 Å². The van der Waals surface area contributed by atoms with Crippen molar-refractivity contribution in [2.24, 2.45) is 7.05 Å². The van der Waals surface area contributed by atoms with Crippen LogP contribution in [0.2, 0.25) is 5.02 Å². The van der Waals surface area contributed by atoms with E-state index in [-0.39, 0.29) is 17.1 Å². The van der Waals surface area contributed by atoms with Crippen LogP contribution < -0.4 is 26.2 Å². The molecule has 5 aromatic rings. The fourth-order valence-electron chi connectivity index (χ4n) is 7.40. The number of urea groups is 1. The Bertz CT molecular complexity index is 2200. The van der Waals surface area contributed by atoms with Crippen molar-refractivity contribution in [1.82, 2.24) is 35.3 Å². The van der Waals surface area contributed by atoms with Crippen molar-refractivity contribution < 1.29 is 14.3 Å². The van der Waals surface area contributed by atoms with Crippen LogP contribution in [0.5, 0.6) is 5.88 Å². The lowest BCUT2D eigenvalue weighted by atomic mass is 9.96. The first-order valence-corrected chi connectivity index (χ1v) is 17.9. The molecule has 0 bridgehead atoms. The largest absolute Gasteiger partial charge is 0.481 e. The lowest BCUT2D eigenvalue weighted by Gasteiger charge is -2.21. The standard InChI is InChI=1S/C30H26ClN5O2.C9H17N3O2/c1-17-20(8-6-12-24(17)34-28-26-19(13-14-32-28)16-33-36(2)30(26)37)22-10-5-11-23(27(22)31)25-15-18-7-4-9-21(18)29(35-25)38-3;1-14-5-4-12-7-9(11-8(12)13)2-3-10-6-9/h5-6,8,10-16H,4,7,9H2,1-3H3,(H,32,34);10H,2-7H2,1H3,(H,11,13). The van der Waals surface area contributed by atoms with E-state index in [1.807, 2.05) is 48.2 Å². The molecule has 3 N–H and O–H groups in total. The van der Waals surface area contributed by atoms with Crippen molar-refractivity contribution in [3.8, 4) is 28.3 Å². The van der Waals surface area contributed by atoms with E-state index in [0.717, 1.165) is 84.3 Å². The van der Waals surface area contributed by atoms with E-state index in [1.54, 1.807) is 39.7 Å². The van der Waals surface area contributed by atoms with Gasteiger partial charge in [-0.25, -0.2) is 19.4 Å². The molecule has 0 radical (unpaired) electrons. The van der Waals surface area contributed by atoms with E-state index in [0.29, 0.717) is 35.3 Å². The van der Waals surface area contributed by atoms with E-state index in [1.165, 1.54) is 15.8 Å². The van der Waals surface area contributed by atoms with Crippen LogP contribution >= 0.6 is 11.6 Å². The fraction of sp³-hybridized carbons (Fsp3) is 0.359. The van der Waals surface area contributed by atoms with Gasteiger partial charge in [-0.1, -0.05) is 41.9 Å². The maximum atomic E-state index is 12.8. The molecular weight excluding hydrogens is 680 g/mol. The van der Waals surface area contributed by atoms with Crippen LogP contribution in [-0.2, 0) is 24.6 Å². The zero-order valence-corrected chi connectivity index (χ0v) is 30.6. The third-order valence-electron chi connectivity index (χ3n) is 10.2. The summed E-state index contributed by atoms with van der Waals surface area (Å²) in [7, 11) is 4.95. The molecule has 2 amide bonds. The zero-order valence-electron chi connectivity index (χ0n) is 29.9. The highest BCUT2D eigenvalue weighted by Gasteiger charge is 2.44. The number of carbonyl (C=O) groups excluding carboxylic acids is 1. The summed E-state index contributed by atoms with van der Waals surface area (Å²) in [6, 6.07) is 16.0. The molecule has 0 saturated carbocycles. The normalized spacial score (nSPS) is 17.6. The van der Waals surface area contributed by atoms with Gasteiger partial charge in [-0.05, 0) is 74.0 Å². The lowest BCUT2D eigenvalue weighted by Crippen LogP contribution is -2.45. The molecule has 2 fully saturated rings. The number of nitrogens with zero attached hydrogens (tertiary/aromatic N) is 5. The minimum absolute atomic E-state index is 0.00910. The average molecular weight is 723 g/mol. The zero-order chi connectivity index (χ0) is 36.4. The van der Waals surface area contributed by atoms with Crippen molar-refractivity contribution in [3.63, 3.8) is 0 Å². The number of aryl methyl sites for hydroxylation is 2. The summed E-state index contributed by atoms with van der Waals surface area (Å²) >= 11 is 7.06. The third kappa shape index (κ3) is 6.81. The molecule has 2 saturated heterocycles. The van der Waals surface area contributed by atoms with E-state index in [4.69, 9.17) is 26.1 Å². The van der Waals surface area contributed by atoms with Gasteiger partial charge in [0.15, 0.2) is 0 Å². The van der Waals surface area contributed by atoms with Gasteiger partial charge in [0, 0.05) is 67.8 Å². The summed E-state index contributed by atoms with van der Waals surface area (Å²) in [6.07, 6.45) is 7.49. The van der Waals surface area contributed by atoms with Gasteiger partial charge in [0.1, 0.15) is 5.82 Å². The minimum Gasteiger partial charge on any atom is -0.481 e. The first-order chi connectivity index (χ1) is 25.2. The number of halogens is 1. The Morgan fingerprint density at radius 1 is 1.06 bits per heavy atom. The van der Waals surface area contributed by atoms with Gasteiger partial charge in [0.2, 0.25) is 5.88 Å². The smallest absolute Gasteiger partial charge is 0.318 e. The SMILES string of the molecule is COCCN1CC2(CCNC2)NC1=O.COc1nc(-c2cccc(-c3cccc(Nc4nccc5cnn(C)c(=O)c45)c3C)c2Cl)cc2c1CCC2. The predicted octanol–water partition coefficient (Wildman–Crippen LogP) is 5.65. The Balaban J connectivity index is 0.000000251. The van der Waals surface area contributed by atoms with Crippen LogP contribution in [0.15, 0.2) is 65.7 Å². The summed E-state index contributed by atoms with van der Waals surface area (Å²) in [5, 5.41) is 15.7. The Morgan fingerprint density at radius 3 is 2.65 bits per heavy atom. The Morgan fingerprint density at radius 2 is 1.87 bits per heavy atom. The molecule has 5 heterocycles. The number of carbonyl (C=O) groups is 1. The van der Waals surface area contributed by atoms with Gasteiger partial charge >= 0.3 is 6.03 Å². The van der Waals surface area contributed by atoms with Gasteiger partial charge in [-0.3, -0.25) is 4.79 Å². The van der Waals surface area contributed by atoms with Crippen LogP contribution in [0.25, 0.3) is 33.2 Å². The first-order valence-electron chi connectivity index (χ1n) is 17.5. The molecule has 2 aromatic carbocycles. The van der Waals surface area contributed by atoms with Gasteiger partial charge in [0.05, 0.1) is 41.6 Å². The second-order valence-corrected chi connectivity index (χ2v) is 13.9. The van der Waals surface area contributed by atoms with Crippen LogP contribution in [0.1, 0.15) is 29.5 Å². The number of hydrogen-bond acceptors (Lipinski definition) is 9. The monoisotopic (exact) mass is 722 g/mol. The molecule has 52 heavy (non-hydrogen) atoms. The van der Waals surface area contributed by atoms with E-state index >= 15 is 0 Å². The summed E-state index contributed by atoms with van der Waals surface area (Å²) in [4.78, 5) is 35.5. The summed E-state index contributed by atoms with van der Waals surface area (Å²) in [5.41, 5.74) is 7.63. The molecule has 12 nitrogen and oxygen atoms in total. The molecule has 270 valence electrons. The topological polar surface area (TPSA) is 136 Å². The van der Waals surface area contributed by atoms with Crippen LogP contribution in [0.4, 0.5) is 16.3 Å². The number of aromatic nitrogens is 4. The van der Waals surface area contributed by atoms with E-state index < -0.39 is 0 Å². The Labute approximate surface area is 307 Å². The number of pyridine rings is 2. The molecule has 8 rings (SSSR count). The summed E-state index contributed by atoms with van der Waals surface area (Å²) in [6.45, 7) is 6.02. The number of ether oxygens (including phenoxy) is 2. The van der Waals surface area contributed by atoms with E-state index in [9.17, 15) is 9.59 Å². The lowest BCUT2D eigenvalue weighted by molar-refractivity contribution is 0.159. The Hall–Kier alpha value is -5.04. The maximum absolute atomic E-state index is 12.8. The van der Waals surface area contributed by atoms with E-state index in [2.05, 4.69) is 32.1 Å². The number of rotatable bonds is 8. The second kappa shape index (κ2) is 14.9. The van der Waals surface area contributed by atoms with Gasteiger partial charge < -0.3 is 30.3 Å². The minimum atomic E-state index is -0.208. The van der Waals surface area contributed by atoms with Crippen molar-refractivity contribution in [3.05, 3.63) is 93.0 Å². The summed E-state index contributed by atoms with van der Waals surface area (Å²) in [5.74, 6) is 1.17. The highest BCUT2D eigenvalue weighted by atomic mass is 35.5. The number of benzene rings is 2. The highest BCUT2D eigenvalue weighted by Crippen LogP contribution is 2.41. The molecule has 1 atom stereocenters. The molecule has 13 heteroatoms. The third-order valence-corrected chi connectivity index (χ3v) is 10.6. The number of fused-ring (bicyclic) bond motifs is 2. The number of amides is 2. The summed E-state index contributed by atoms with van der Waals surface area (Å²) < 4.78 is 11.9. The molecule has 1 aliphatic carbocycles. The number of anilines is 2. The highest BCUT2D eigenvalue weighted by molar-refractivity contribution is 6.36. The van der Waals surface area contributed by atoms with Crippen molar-refractivity contribution in [1.29, 1.82) is 0 Å². The maximum Gasteiger partial charge on any atom is 0.318 e. The molecule has 1 unspecified atom stereocenters. The molecule has 2 aliphatic heterocycles. The van der Waals surface area contributed by atoms with Crippen molar-refractivity contribution >= 4 is 39.9 Å². The van der Waals surface area contributed by atoms with Crippen LogP contribution in [-0.4, -0.2) is 83.2 Å². The first kappa shape index (κ1) is 35.4. The molecule has 3 aliphatic rings. The van der Waals surface area contributed by atoms with Gasteiger partial charge in [-0.15, -0.1) is 0 Å². The van der Waals surface area contributed by atoms with Crippen molar-refractivity contribution in [2.75, 3.05) is 52.3 Å². The van der Waals surface area contributed by atoms with Crippen LogP contribution in [0.3, 0.4) is 0 Å². The van der Waals surface area contributed by atoms with Crippen molar-refractivity contribution in [2.45, 2.75) is 38.1 Å². The number of methoxy groups -OCH3 is 2. The van der Waals surface area contributed by atoms with Gasteiger partial charge in [0.25, 0.3) is 5.56 Å². The molecular formula is C39H43ClN8O4.